The van der Waals surface area contributed by atoms with E-state index in [1.54, 1.807) is 0 Å². The fourth-order valence-corrected chi connectivity index (χ4v) is 4.05. The molecule has 164 valence electrons. The van der Waals surface area contributed by atoms with Gasteiger partial charge in [0, 0.05) is 24.3 Å². The van der Waals surface area contributed by atoms with Gasteiger partial charge in [-0.15, -0.1) is 0 Å². The zero-order valence-electron chi connectivity index (χ0n) is 18.5. The Balaban J connectivity index is 2.82. The van der Waals surface area contributed by atoms with Crippen molar-refractivity contribution < 1.29 is 13.0 Å². The highest BCUT2D eigenvalue weighted by Crippen LogP contribution is 2.18. The molecular formula is C24H39NO3S. The van der Waals surface area contributed by atoms with E-state index in [1.807, 2.05) is 19.1 Å². The summed E-state index contributed by atoms with van der Waals surface area (Å²) < 4.78 is 32.2. The van der Waals surface area contributed by atoms with Crippen LogP contribution in [0.1, 0.15) is 90.5 Å². The summed E-state index contributed by atoms with van der Waals surface area (Å²) in [5.74, 6) is 5.64. The van der Waals surface area contributed by atoms with Gasteiger partial charge in [0.25, 0.3) is 10.1 Å². The van der Waals surface area contributed by atoms with E-state index < -0.39 is 15.4 Å². The summed E-state index contributed by atoms with van der Waals surface area (Å²) in [7, 11) is -4.13. The topological polar surface area (TPSA) is 57.6 Å². The molecule has 0 saturated heterocycles. The Morgan fingerprint density at radius 2 is 1.41 bits per heavy atom. The first-order chi connectivity index (χ1) is 13.9. The van der Waals surface area contributed by atoms with E-state index in [0.29, 0.717) is 12.8 Å². The third kappa shape index (κ3) is 10.7. The molecule has 0 aliphatic rings. The fourth-order valence-electron chi connectivity index (χ4n) is 3.31. The minimum Gasteiger partial charge on any atom is -0.372 e. The van der Waals surface area contributed by atoms with Crippen molar-refractivity contribution in [3.05, 3.63) is 29.8 Å². The van der Waals surface area contributed by atoms with Gasteiger partial charge >= 0.3 is 0 Å². The first-order valence-corrected chi connectivity index (χ1v) is 12.8. The molecule has 4 nitrogen and oxygen atoms in total. The summed E-state index contributed by atoms with van der Waals surface area (Å²) in [6.45, 7) is 8.48. The van der Waals surface area contributed by atoms with Crippen molar-refractivity contribution in [2.24, 2.45) is 0 Å². The average Bonchev–Trinajstić information content (AvgIpc) is 2.69. The highest BCUT2D eigenvalue weighted by Gasteiger charge is 2.19. The van der Waals surface area contributed by atoms with Gasteiger partial charge in [-0.1, -0.05) is 77.6 Å². The quantitative estimate of drug-likeness (QED) is 0.225. The predicted octanol–water partition coefficient (Wildman–Crippen LogP) is 6.06. The second-order valence-electron chi connectivity index (χ2n) is 7.72. The van der Waals surface area contributed by atoms with Crippen LogP contribution in [0.15, 0.2) is 24.3 Å². The van der Waals surface area contributed by atoms with Crippen molar-refractivity contribution in [2.45, 2.75) is 90.2 Å². The normalized spacial score (nSPS) is 12.3. The first-order valence-electron chi connectivity index (χ1n) is 11.2. The summed E-state index contributed by atoms with van der Waals surface area (Å²) in [5.41, 5.74) is 1.97. The number of hydrogen-bond donors (Lipinski definition) is 1. The summed E-state index contributed by atoms with van der Waals surface area (Å²) in [6.07, 6.45) is 11.0. The molecule has 0 radical (unpaired) electrons. The van der Waals surface area contributed by atoms with Crippen LogP contribution in [-0.4, -0.2) is 31.3 Å². The van der Waals surface area contributed by atoms with Gasteiger partial charge in [0.2, 0.25) is 0 Å². The van der Waals surface area contributed by atoms with Crippen LogP contribution in [0.3, 0.4) is 0 Å². The Morgan fingerprint density at radius 3 is 1.86 bits per heavy atom. The smallest absolute Gasteiger partial charge is 0.279 e. The molecule has 0 fully saturated rings. The maximum absolute atomic E-state index is 11.4. The van der Waals surface area contributed by atoms with Crippen molar-refractivity contribution in [3.63, 3.8) is 0 Å². The van der Waals surface area contributed by atoms with Gasteiger partial charge in [-0.2, -0.15) is 8.42 Å². The van der Waals surface area contributed by atoms with Gasteiger partial charge in [-0.05, 0) is 43.5 Å². The molecule has 0 bridgehead atoms. The predicted molar refractivity (Wildman–Crippen MR) is 124 cm³/mol. The van der Waals surface area contributed by atoms with E-state index in [0.717, 1.165) is 18.7 Å². The molecule has 1 aromatic carbocycles. The molecule has 1 rings (SSSR count). The van der Waals surface area contributed by atoms with Crippen molar-refractivity contribution in [2.75, 3.05) is 18.0 Å². The molecule has 0 spiro atoms. The molecule has 5 heteroatoms. The minimum atomic E-state index is -4.13. The Hall–Kier alpha value is -1.51. The molecule has 1 aromatic rings. The Bertz CT molecular complexity index is 705. The summed E-state index contributed by atoms with van der Waals surface area (Å²) >= 11 is 0. The van der Waals surface area contributed by atoms with Crippen LogP contribution in [0.4, 0.5) is 5.69 Å². The molecule has 1 unspecified atom stereocenters. The monoisotopic (exact) mass is 421 g/mol. The van der Waals surface area contributed by atoms with E-state index in [1.165, 1.54) is 57.1 Å². The first kappa shape index (κ1) is 25.5. The van der Waals surface area contributed by atoms with Crippen molar-refractivity contribution in [1.29, 1.82) is 0 Å². The maximum Gasteiger partial charge on any atom is 0.279 e. The number of anilines is 1. The van der Waals surface area contributed by atoms with E-state index >= 15 is 0 Å². The lowest BCUT2D eigenvalue weighted by atomic mass is 10.1. The summed E-state index contributed by atoms with van der Waals surface area (Å²) in [4.78, 5) is 2.46. The number of hydrogen-bond acceptors (Lipinski definition) is 3. The Labute approximate surface area is 178 Å². The second-order valence-corrected chi connectivity index (χ2v) is 9.32. The number of benzene rings is 1. The lowest BCUT2D eigenvalue weighted by Crippen LogP contribution is -2.25. The standard InChI is InChI=1S/C24H39NO3S/c1-4-7-9-11-20-25(21-12-10-8-5-2)23-17-14-22(15-18-23)16-19-24(13-6-3)29(26,27)28/h14-15,17-18,24H,4-13,20-21H2,1-3H3,(H,26,27,28). The van der Waals surface area contributed by atoms with Crippen LogP contribution in [0.2, 0.25) is 0 Å². The van der Waals surface area contributed by atoms with Gasteiger partial charge in [-0.25, -0.2) is 0 Å². The van der Waals surface area contributed by atoms with Gasteiger partial charge in [0.15, 0.2) is 0 Å². The fraction of sp³-hybridized carbons (Fsp3) is 0.667. The molecule has 0 aliphatic carbocycles. The molecule has 0 aromatic heterocycles. The molecule has 0 heterocycles. The molecule has 0 amide bonds. The molecule has 1 N–H and O–H groups in total. The molecule has 0 aliphatic heterocycles. The van der Waals surface area contributed by atoms with E-state index in [9.17, 15) is 13.0 Å². The number of unbranched alkanes of at least 4 members (excludes halogenated alkanes) is 6. The zero-order chi connectivity index (χ0) is 21.5. The van der Waals surface area contributed by atoms with Gasteiger partial charge in [0.05, 0.1) is 0 Å². The average molecular weight is 422 g/mol. The Morgan fingerprint density at radius 1 is 0.862 bits per heavy atom. The number of rotatable bonds is 14. The molecular weight excluding hydrogens is 382 g/mol. The van der Waals surface area contributed by atoms with Crippen LogP contribution in [-0.2, 0) is 10.1 Å². The van der Waals surface area contributed by atoms with Gasteiger partial charge < -0.3 is 4.90 Å². The van der Waals surface area contributed by atoms with Gasteiger partial charge in [0.1, 0.15) is 5.25 Å². The van der Waals surface area contributed by atoms with Gasteiger partial charge in [-0.3, -0.25) is 4.55 Å². The number of nitrogens with zero attached hydrogens (tertiary/aromatic N) is 1. The van der Waals surface area contributed by atoms with Crippen molar-refractivity contribution >= 4 is 15.8 Å². The highest BCUT2D eigenvalue weighted by molar-refractivity contribution is 7.86. The zero-order valence-corrected chi connectivity index (χ0v) is 19.3. The SMILES string of the molecule is CCCCCCN(CCCCCC)c1ccc(C#CC(CCC)S(=O)(=O)O)cc1. The van der Waals surface area contributed by atoms with E-state index in [2.05, 4.69) is 42.7 Å². The molecule has 0 saturated carbocycles. The Kier molecular flexibility index (Phi) is 12.7. The lowest BCUT2D eigenvalue weighted by molar-refractivity contribution is 0.472. The highest BCUT2D eigenvalue weighted by atomic mass is 32.2. The van der Waals surface area contributed by atoms with Crippen LogP contribution in [0.25, 0.3) is 0 Å². The van der Waals surface area contributed by atoms with Crippen molar-refractivity contribution in [3.8, 4) is 11.8 Å². The third-order valence-corrected chi connectivity index (χ3v) is 6.16. The maximum atomic E-state index is 11.4. The van der Waals surface area contributed by atoms with Crippen molar-refractivity contribution in [1.82, 2.24) is 0 Å². The van der Waals surface area contributed by atoms with Crippen LogP contribution in [0.5, 0.6) is 0 Å². The third-order valence-electron chi connectivity index (χ3n) is 5.08. The van der Waals surface area contributed by atoms with Crippen LogP contribution < -0.4 is 4.90 Å². The molecule has 29 heavy (non-hydrogen) atoms. The second kappa shape index (κ2) is 14.5. The van der Waals surface area contributed by atoms with Crippen LogP contribution >= 0.6 is 0 Å². The lowest BCUT2D eigenvalue weighted by Gasteiger charge is -2.25. The largest absolute Gasteiger partial charge is 0.372 e. The molecule has 1 atom stereocenters. The summed E-state index contributed by atoms with van der Waals surface area (Å²) in [5, 5.41) is -1.01. The van der Waals surface area contributed by atoms with E-state index in [-0.39, 0.29) is 0 Å². The van der Waals surface area contributed by atoms with E-state index in [4.69, 9.17) is 0 Å². The summed E-state index contributed by atoms with van der Waals surface area (Å²) in [6, 6.07) is 8.04. The minimum absolute atomic E-state index is 0.340. The van der Waals surface area contributed by atoms with Crippen LogP contribution in [0, 0.1) is 11.8 Å².